The van der Waals surface area contributed by atoms with E-state index < -0.39 is 9.84 Å². The lowest BCUT2D eigenvalue weighted by molar-refractivity contribution is -0.135. The number of hydrogen-bond donors (Lipinski definition) is 0. The van der Waals surface area contributed by atoms with Crippen molar-refractivity contribution in [3.05, 3.63) is 53.6 Å². The third kappa shape index (κ3) is 5.00. The van der Waals surface area contributed by atoms with E-state index in [1.165, 1.54) is 36.6 Å². The molecule has 2 aromatic carbocycles. The van der Waals surface area contributed by atoms with Crippen molar-refractivity contribution < 1.29 is 13.2 Å². The Labute approximate surface area is 197 Å². The molecule has 0 aromatic heterocycles. The Morgan fingerprint density at radius 1 is 0.939 bits per heavy atom. The van der Waals surface area contributed by atoms with Gasteiger partial charge in [-0.05, 0) is 53.6 Å². The predicted octanol–water partition coefficient (Wildman–Crippen LogP) is 2.81. The molecule has 7 heteroatoms. The summed E-state index contributed by atoms with van der Waals surface area (Å²) in [6, 6.07) is 14.3. The summed E-state index contributed by atoms with van der Waals surface area (Å²) in [6.07, 6.45) is 6.15. The van der Waals surface area contributed by atoms with Gasteiger partial charge in [-0.3, -0.25) is 14.6 Å². The van der Waals surface area contributed by atoms with Crippen LogP contribution in [0.3, 0.4) is 0 Å². The zero-order valence-corrected chi connectivity index (χ0v) is 20.2. The molecule has 6 nitrogen and oxygen atoms in total. The van der Waals surface area contributed by atoms with Crippen LogP contribution in [0.5, 0.6) is 0 Å². The fraction of sp³-hybridized carbons (Fsp3) is 0.500. The van der Waals surface area contributed by atoms with Crippen molar-refractivity contribution in [2.75, 3.05) is 45.5 Å². The molecule has 176 valence electrons. The van der Waals surface area contributed by atoms with Crippen molar-refractivity contribution in [1.29, 1.82) is 0 Å². The minimum atomic E-state index is -3.23. The van der Waals surface area contributed by atoms with Gasteiger partial charge in [0.05, 0.1) is 11.4 Å². The molecule has 1 saturated heterocycles. The summed E-state index contributed by atoms with van der Waals surface area (Å²) in [4.78, 5) is 20.1. The standard InChI is InChI=1S/C26H33N3O3S/c1-33(31,32)25-7-2-4-20(17-25)21-8-9-23-18-27(11-10-22(23)16-21)19-26(30)29-14-12-28(13-15-29)24-5-3-6-24/h2,4,7-9,16-17,24H,3,5-6,10-15,18-19H2,1H3. The van der Waals surface area contributed by atoms with Gasteiger partial charge in [-0.15, -0.1) is 0 Å². The smallest absolute Gasteiger partial charge is 0.236 e. The molecule has 0 N–H and O–H groups in total. The Balaban J connectivity index is 1.20. The Bertz CT molecular complexity index is 1140. The van der Waals surface area contributed by atoms with Crippen molar-refractivity contribution in [2.45, 2.75) is 43.2 Å². The Kier molecular flexibility index (Phi) is 6.29. The molecule has 2 aromatic rings. The number of piperazine rings is 1. The average molecular weight is 468 g/mol. The topological polar surface area (TPSA) is 60.9 Å². The Morgan fingerprint density at radius 2 is 1.70 bits per heavy atom. The molecule has 1 amide bonds. The molecule has 0 spiro atoms. The first kappa shape index (κ1) is 22.6. The van der Waals surface area contributed by atoms with Gasteiger partial charge < -0.3 is 4.90 Å². The van der Waals surface area contributed by atoms with E-state index in [4.69, 9.17) is 0 Å². The fourth-order valence-corrected chi connectivity index (χ4v) is 5.88. The number of benzene rings is 2. The number of nitrogens with zero attached hydrogens (tertiary/aromatic N) is 3. The SMILES string of the molecule is CS(=O)(=O)c1cccc(-c2ccc3c(c2)CCN(CC(=O)N2CCN(C4CCC4)CC2)C3)c1. The first-order chi connectivity index (χ1) is 15.9. The fourth-order valence-electron chi connectivity index (χ4n) is 5.21. The molecule has 0 atom stereocenters. The zero-order valence-electron chi connectivity index (χ0n) is 19.4. The van der Waals surface area contributed by atoms with Crippen molar-refractivity contribution in [1.82, 2.24) is 14.7 Å². The van der Waals surface area contributed by atoms with Gasteiger partial charge in [-0.25, -0.2) is 8.42 Å². The summed E-state index contributed by atoms with van der Waals surface area (Å²) in [7, 11) is -3.23. The van der Waals surface area contributed by atoms with Crippen LogP contribution in [-0.4, -0.2) is 80.6 Å². The van der Waals surface area contributed by atoms with Crippen LogP contribution >= 0.6 is 0 Å². The van der Waals surface area contributed by atoms with Crippen LogP contribution in [0.2, 0.25) is 0 Å². The summed E-state index contributed by atoms with van der Waals surface area (Å²) in [5.41, 5.74) is 4.49. The molecule has 1 saturated carbocycles. The van der Waals surface area contributed by atoms with Crippen LogP contribution in [0.4, 0.5) is 0 Å². The molecular weight excluding hydrogens is 434 g/mol. The number of sulfone groups is 1. The van der Waals surface area contributed by atoms with Crippen LogP contribution in [0.1, 0.15) is 30.4 Å². The summed E-state index contributed by atoms with van der Waals surface area (Å²) in [5.74, 6) is 0.251. The van der Waals surface area contributed by atoms with Crippen LogP contribution in [-0.2, 0) is 27.6 Å². The highest BCUT2D eigenvalue weighted by molar-refractivity contribution is 7.90. The van der Waals surface area contributed by atoms with Gasteiger partial charge in [-0.1, -0.05) is 36.8 Å². The van der Waals surface area contributed by atoms with Crippen molar-refractivity contribution in [2.24, 2.45) is 0 Å². The molecule has 3 aliphatic rings. The third-order valence-electron chi connectivity index (χ3n) is 7.51. The summed E-state index contributed by atoms with van der Waals surface area (Å²) in [5, 5.41) is 0. The monoisotopic (exact) mass is 467 g/mol. The molecule has 0 radical (unpaired) electrons. The quantitative estimate of drug-likeness (QED) is 0.677. The van der Waals surface area contributed by atoms with E-state index in [2.05, 4.69) is 28.0 Å². The van der Waals surface area contributed by atoms with Gasteiger partial charge in [0.2, 0.25) is 5.91 Å². The van der Waals surface area contributed by atoms with Crippen molar-refractivity contribution in [3.8, 4) is 11.1 Å². The summed E-state index contributed by atoms with van der Waals surface area (Å²) < 4.78 is 23.8. The van der Waals surface area contributed by atoms with E-state index >= 15 is 0 Å². The van der Waals surface area contributed by atoms with Gasteiger partial charge in [0.1, 0.15) is 0 Å². The van der Waals surface area contributed by atoms with Gasteiger partial charge in [0, 0.05) is 51.6 Å². The molecule has 1 aliphatic carbocycles. The normalized spacial score (nSPS) is 20.3. The zero-order chi connectivity index (χ0) is 23.0. The van der Waals surface area contributed by atoms with Crippen molar-refractivity contribution in [3.63, 3.8) is 0 Å². The first-order valence-electron chi connectivity index (χ1n) is 12.0. The van der Waals surface area contributed by atoms with Crippen molar-refractivity contribution >= 4 is 15.7 Å². The average Bonchev–Trinajstić information content (AvgIpc) is 2.77. The molecular formula is C26H33N3O3S. The minimum Gasteiger partial charge on any atom is -0.339 e. The van der Waals surface area contributed by atoms with Crippen LogP contribution in [0.25, 0.3) is 11.1 Å². The number of amides is 1. The van der Waals surface area contributed by atoms with Gasteiger partial charge in [0.15, 0.2) is 9.84 Å². The van der Waals surface area contributed by atoms with Gasteiger partial charge in [-0.2, -0.15) is 0 Å². The van der Waals surface area contributed by atoms with E-state index in [1.54, 1.807) is 18.2 Å². The van der Waals surface area contributed by atoms with E-state index in [-0.39, 0.29) is 5.91 Å². The number of carbonyl (C=O) groups excluding carboxylic acids is 1. The molecule has 2 fully saturated rings. The highest BCUT2D eigenvalue weighted by atomic mass is 32.2. The molecule has 2 heterocycles. The van der Waals surface area contributed by atoms with E-state index in [0.717, 1.165) is 62.9 Å². The predicted molar refractivity (Wildman–Crippen MR) is 130 cm³/mol. The van der Waals surface area contributed by atoms with Crippen LogP contribution in [0, 0.1) is 0 Å². The van der Waals surface area contributed by atoms with Gasteiger partial charge in [0.25, 0.3) is 0 Å². The number of fused-ring (bicyclic) bond motifs is 1. The maximum absolute atomic E-state index is 12.9. The Morgan fingerprint density at radius 3 is 2.39 bits per heavy atom. The number of hydrogen-bond acceptors (Lipinski definition) is 5. The van der Waals surface area contributed by atoms with Gasteiger partial charge >= 0.3 is 0 Å². The molecule has 0 bridgehead atoms. The highest BCUT2D eigenvalue weighted by Crippen LogP contribution is 2.28. The maximum Gasteiger partial charge on any atom is 0.236 e. The third-order valence-corrected chi connectivity index (χ3v) is 8.62. The largest absolute Gasteiger partial charge is 0.339 e. The van der Waals surface area contributed by atoms with Crippen LogP contribution < -0.4 is 0 Å². The maximum atomic E-state index is 12.9. The lowest BCUT2D eigenvalue weighted by Crippen LogP contribution is -2.55. The van der Waals surface area contributed by atoms with E-state index in [1.807, 2.05) is 11.0 Å². The Hall–Kier alpha value is -2.22. The second-order valence-electron chi connectivity index (χ2n) is 9.75. The first-order valence-corrected chi connectivity index (χ1v) is 13.9. The number of carbonyl (C=O) groups is 1. The molecule has 33 heavy (non-hydrogen) atoms. The lowest BCUT2D eigenvalue weighted by Gasteiger charge is -2.43. The lowest BCUT2D eigenvalue weighted by atomic mass is 9.91. The van der Waals surface area contributed by atoms with E-state index in [9.17, 15) is 13.2 Å². The molecule has 2 aliphatic heterocycles. The molecule has 5 rings (SSSR count). The number of rotatable bonds is 5. The second-order valence-corrected chi connectivity index (χ2v) is 11.8. The minimum absolute atomic E-state index is 0.251. The summed E-state index contributed by atoms with van der Waals surface area (Å²) in [6.45, 7) is 5.89. The highest BCUT2D eigenvalue weighted by Gasteiger charge is 2.30. The second kappa shape index (κ2) is 9.20. The molecule has 0 unspecified atom stereocenters. The summed E-state index contributed by atoms with van der Waals surface area (Å²) >= 11 is 0. The van der Waals surface area contributed by atoms with Crippen LogP contribution in [0.15, 0.2) is 47.4 Å². The van der Waals surface area contributed by atoms with E-state index in [0.29, 0.717) is 11.4 Å².